The summed E-state index contributed by atoms with van der Waals surface area (Å²) in [7, 11) is -4.79. The predicted molar refractivity (Wildman–Crippen MR) is 187 cm³/mol. The summed E-state index contributed by atoms with van der Waals surface area (Å²) < 4.78 is 14.7. The van der Waals surface area contributed by atoms with Crippen molar-refractivity contribution < 1.29 is 13.6 Å². The smallest absolute Gasteiger partial charge is 0.261 e. The van der Waals surface area contributed by atoms with Crippen LogP contribution in [0.25, 0.3) is 0 Å². The van der Waals surface area contributed by atoms with Gasteiger partial charge in [-0.1, -0.05) is 108 Å². The van der Waals surface area contributed by atoms with Gasteiger partial charge in [-0.25, -0.2) is 0 Å². The maximum absolute atomic E-state index is 11.5. The zero-order valence-electron chi connectivity index (χ0n) is 26.8. The van der Waals surface area contributed by atoms with Crippen LogP contribution in [-0.4, -0.2) is 51.2 Å². The van der Waals surface area contributed by atoms with Crippen LogP contribution in [0.15, 0.2) is 72.3 Å². The Morgan fingerprint density at radius 3 is 1.85 bits per heavy atom. The van der Waals surface area contributed by atoms with E-state index in [0.717, 1.165) is 36.2 Å². The van der Waals surface area contributed by atoms with E-state index in [2.05, 4.69) is 145 Å². The molecule has 3 nitrogen and oxygen atoms in total. The number of carbonyl (C=O) groups excluding carboxylic acids is 1. The number of hydrogen-bond acceptors (Lipinski definition) is 5. The summed E-state index contributed by atoms with van der Waals surface area (Å²) in [5.41, 5.74) is 0.807. The Labute approximate surface area is 260 Å². The number of benzene rings is 2. The molecule has 0 spiro atoms. The first-order chi connectivity index (χ1) is 19.2. The van der Waals surface area contributed by atoms with Gasteiger partial charge < -0.3 is 8.85 Å². The van der Waals surface area contributed by atoms with Crippen LogP contribution in [0, 0.1) is 0 Å². The Morgan fingerprint density at radius 1 is 0.902 bits per heavy atom. The topological polar surface area (TPSA) is 35.5 Å². The summed E-state index contributed by atoms with van der Waals surface area (Å²) in [4.78, 5) is 11.5. The molecule has 1 atom stereocenters. The minimum Gasteiger partial charge on any atom is -0.412 e. The second-order valence-corrected chi connectivity index (χ2v) is 26.2. The van der Waals surface area contributed by atoms with E-state index in [1.165, 1.54) is 16.8 Å². The molecule has 0 bridgehead atoms. The first-order valence-corrected chi connectivity index (χ1v) is 21.8. The van der Waals surface area contributed by atoms with Crippen molar-refractivity contribution in [3.8, 4) is 0 Å². The lowest BCUT2D eigenvalue weighted by Crippen LogP contribution is -2.67. The third-order valence-corrected chi connectivity index (χ3v) is 21.6. The molecule has 0 aromatic heterocycles. The highest BCUT2D eigenvalue weighted by molar-refractivity contribution is 8.18. The molecule has 0 N–H and O–H groups in total. The molecular formula is C34H52O3S2Si2. The average Bonchev–Trinajstić information content (AvgIpc) is 2.92. The molecule has 0 saturated carbocycles. The highest BCUT2D eigenvalue weighted by Crippen LogP contribution is 2.50. The fourth-order valence-corrected chi connectivity index (χ4v) is 14.6. The molecule has 41 heavy (non-hydrogen) atoms. The van der Waals surface area contributed by atoms with Gasteiger partial charge in [0.25, 0.3) is 8.32 Å². The maximum Gasteiger partial charge on any atom is 0.261 e. The molecule has 0 unspecified atom stereocenters. The number of aldehydes is 1. The molecule has 1 heterocycles. The van der Waals surface area contributed by atoms with Crippen LogP contribution in [0.3, 0.4) is 0 Å². The Bertz CT molecular complexity index is 1090. The molecule has 2 aromatic carbocycles. The van der Waals surface area contributed by atoms with Crippen molar-refractivity contribution in [2.24, 2.45) is 0 Å². The van der Waals surface area contributed by atoms with Crippen molar-refractivity contribution in [1.29, 1.82) is 0 Å². The van der Waals surface area contributed by atoms with Gasteiger partial charge in [0.05, 0.1) is 16.8 Å². The lowest BCUT2D eigenvalue weighted by Gasteiger charge is -2.46. The molecule has 1 saturated heterocycles. The first-order valence-electron chi connectivity index (χ1n) is 15.0. The zero-order valence-corrected chi connectivity index (χ0v) is 30.4. The van der Waals surface area contributed by atoms with E-state index in [1.54, 1.807) is 0 Å². The number of thioether (sulfide) groups is 2. The quantitative estimate of drug-likeness (QED) is 0.134. The summed E-state index contributed by atoms with van der Waals surface area (Å²) in [6.45, 7) is 21.1. The van der Waals surface area contributed by atoms with Crippen molar-refractivity contribution in [3.63, 3.8) is 0 Å². The molecule has 3 rings (SSSR count). The minimum atomic E-state index is -2.70. The van der Waals surface area contributed by atoms with Crippen LogP contribution in [-0.2, 0) is 13.6 Å². The molecule has 1 fully saturated rings. The maximum atomic E-state index is 11.5. The molecule has 0 radical (unpaired) electrons. The third-order valence-electron chi connectivity index (χ3n) is 8.65. The summed E-state index contributed by atoms with van der Waals surface area (Å²) >= 11 is 4.10. The van der Waals surface area contributed by atoms with E-state index in [9.17, 15) is 4.79 Å². The first kappa shape index (κ1) is 34.4. The van der Waals surface area contributed by atoms with Crippen LogP contribution in [0.2, 0.25) is 23.2 Å². The summed E-state index contributed by atoms with van der Waals surface area (Å²) in [5.74, 6) is 2.28. The van der Waals surface area contributed by atoms with Gasteiger partial charge in [-0.15, -0.1) is 23.5 Å². The number of allylic oxidation sites excluding steroid dienone is 2. The van der Waals surface area contributed by atoms with Gasteiger partial charge in [-0.2, -0.15) is 0 Å². The van der Waals surface area contributed by atoms with Gasteiger partial charge in [0, 0.05) is 0 Å². The van der Waals surface area contributed by atoms with E-state index in [4.69, 9.17) is 8.85 Å². The van der Waals surface area contributed by atoms with Crippen molar-refractivity contribution >= 4 is 56.8 Å². The van der Waals surface area contributed by atoms with Gasteiger partial charge >= 0.3 is 0 Å². The van der Waals surface area contributed by atoms with Crippen molar-refractivity contribution in [1.82, 2.24) is 0 Å². The Kier molecular flexibility index (Phi) is 11.8. The minimum absolute atomic E-state index is 0.0235. The third kappa shape index (κ3) is 8.51. The molecule has 226 valence electrons. The highest BCUT2D eigenvalue weighted by Gasteiger charge is 2.51. The standard InChI is InChI=1S/C34H52O3S2Si2/c1-28(26-35)21-22-34(38-23-16-24-39-34)25-29(37-40(8,9)32(2,3)4)27-36-41(33(5,6)7,30-17-12-10-13-18-30)31-19-14-11-15-20-31/h10-15,17-21,26,29H,16,22-25,27H2,1-9H3/b28-21-/t29-/m0/s1. The summed E-state index contributed by atoms with van der Waals surface area (Å²) in [6, 6.07) is 21.8. The largest absolute Gasteiger partial charge is 0.412 e. The zero-order chi connectivity index (χ0) is 30.4. The monoisotopic (exact) mass is 628 g/mol. The fourth-order valence-electron chi connectivity index (χ4n) is 5.36. The summed E-state index contributed by atoms with van der Waals surface area (Å²) in [5, 5.41) is 2.60. The van der Waals surface area contributed by atoms with Gasteiger partial charge in [-0.05, 0) is 76.8 Å². The van der Waals surface area contributed by atoms with Crippen molar-refractivity contribution in [3.05, 3.63) is 72.3 Å². The van der Waals surface area contributed by atoms with Crippen LogP contribution in [0.5, 0.6) is 0 Å². The molecule has 2 aromatic rings. The fraction of sp³-hybridized carbons (Fsp3) is 0.559. The summed E-state index contributed by atoms with van der Waals surface area (Å²) in [6.07, 6.45) is 6.05. The van der Waals surface area contributed by atoms with Crippen LogP contribution in [0.1, 0.15) is 67.7 Å². The molecular weight excluding hydrogens is 577 g/mol. The van der Waals surface area contributed by atoms with Crippen LogP contribution >= 0.6 is 23.5 Å². The van der Waals surface area contributed by atoms with Gasteiger partial charge in [0.2, 0.25) is 0 Å². The second-order valence-electron chi connectivity index (χ2n) is 13.9. The predicted octanol–water partition coefficient (Wildman–Crippen LogP) is 8.45. The number of carbonyl (C=O) groups is 1. The number of hydrogen-bond donors (Lipinski definition) is 0. The van der Waals surface area contributed by atoms with E-state index < -0.39 is 16.6 Å². The van der Waals surface area contributed by atoms with Crippen LogP contribution in [0.4, 0.5) is 0 Å². The second kappa shape index (κ2) is 14.1. The molecule has 1 aliphatic rings. The van der Waals surface area contributed by atoms with Crippen molar-refractivity contribution in [2.75, 3.05) is 18.1 Å². The average molecular weight is 629 g/mol. The van der Waals surface area contributed by atoms with E-state index in [1.807, 2.05) is 6.92 Å². The van der Waals surface area contributed by atoms with E-state index >= 15 is 0 Å². The Balaban J connectivity index is 2.07. The molecule has 7 heteroatoms. The highest BCUT2D eigenvalue weighted by atomic mass is 32.2. The van der Waals surface area contributed by atoms with Crippen molar-refractivity contribution in [2.45, 2.75) is 101 Å². The van der Waals surface area contributed by atoms with E-state index in [-0.39, 0.29) is 20.3 Å². The Morgan fingerprint density at radius 2 is 1.41 bits per heavy atom. The normalized spacial score (nSPS) is 17.7. The van der Waals surface area contributed by atoms with Gasteiger partial charge in [-0.3, -0.25) is 4.79 Å². The molecule has 0 amide bonds. The lowest BCUT2D eigenvalue weighted by molar-refractivity contribution is -0.104. The van der Waals surface area contributed by atoms with Gasteiger partial charge in [0.1, 0.15) is 6.29 Å². The number of rotatable bonds is 12. The SMILES string of the molecule is C/C(C=O)=C/CC1(C[C@@H](CO[Si](c2ccccc2)(c2ccccc2)C(C)(C)C)O[Si](C)(C)C(C)(C)C)SCCCS1. The van der Waals surface area contributed by atoms with Gasteiger partial charge in [0.15, 0.2) is 8.32 Å². The lowest BCUT2D eigenvalue weighted by atomic mass is 10.1. The Hall–Kier alpha value is -1.10. The van der Waals surface area contributed by atoms with E-state index in [0.29, 0.717) is 6.61 Å². The molecule has 0 aliphatic carbocycles. The van der Waals surface area contributed by atoms with Crippen LogP contribution < -0.4 is 10.4 Å². The molecule has 1 aliphatic heterocycles.